The number of aliphatic hydroxyl groups is 1. The van der Waals surface area contributed by atoms with Gasteiger partial charge in [0.15, 0.2) is 0 Å². The maximum atomic E-state index is 9.94. The van der Waals surface area contributed by atoms with Crippen LogP contribution in [0.5, 0.6) is 5.75 Å². The molecule has 3 nitrogen and oxygen atoms in total. The summed E-state index contributed by atoms with van der Waals surface area (Å²) in [6.07, 6.45) is 4.04. The summed E-state index contributed by atoms with van der Waals surface area (Å²) in [7, 11) is 0. The van der Waals surface area contributed by atoms with Crippen molar-refractivity contribution in [3.63, 3.8) is 0 Å². The smallest absolute Gasteiger partial charge is 0.119 e. The topological polar surface area (TPSA) is 41.5 Å². The summed E-state index contributed by atoms with van der Waals surface area (Å²) in [5.74, 6) is 0.887. The minimum absolute atomic E-state index is 0. The van der Waals surface area contributed by atoms with Gasteiger partial charge >= 0.3 is 0 Å². The molecular formula is C16H28ClNO2. The molecule has 1 aromatic rings. The fourth-order valence-electron chi connectivity index (χ4n) is 2.00. The lowest BCUT2D eigenvalue weighted by molar-refractivity contribution is 0.172. The number of ether oxygens (including phenoxy) is 1. The molecule has 20 heavy (non-hydrogen) atoms. The second-order valence-electron chi connectivity index (χ2n) is 4.85. The summed E-state index contributed by atoms with van der Waals surface area (Å²) < 4.78 is 5.39. The number of aliphatic hydroxyl groups excluding tert-OH is 1. The highest BCUT2D eigenvalue weighted by molar-refractivity contribution is 5.85. The average Bonchev–Trinajstić information content (AvgIpc) is 2.41. The van der Waals surface area contributed by atoms with Crippen molar-refractivity contribution in [3.05, 3.63) is 29.8 Å². The van der Waals surface area contributed by atoms with Crippen LogP contribution in [0.15, 0.2) is 24.3 Å². The molecule has 116 valence electrons. The van der Waals surface area contributed by atoms with Crippen molar-refractivity contribution in [3.8, 4) is 5.75 Å². The molecule has 1 rings (SSSR count). The predicted octanol–water partition coefficient (Wildman–Crippen LogP) is 3.19. The van der Waals surface area contributed by atoms with Crippen molar-refractivity contribution < 1.29 is 9.84 Å². The van der Waals surface area contributed by atoms with E-state index in [0.717, 1.165) is 17.9 Å². The Balaban J connectivity index is 0.00000361. The third-order valence-corrected chi connectivity index (χ3v) is 3.04. The molecule has 0 spiro atoms. The van der Waals surface area contributed by atoms with Gasteiger partial charge in [-0.05, 0) is 44.0 Å². The molecule has 0 fully saturated rings. The summed E-state index contributed by atoms with van der Waals surface area (Å²) in [6.45, 7) is 6.51. The lowest BCUT2D eigenvalue weighted by Crippen LogP contribution is -2.29. The molecule has 4 heteroatoms. The summed E-state index contributed by atoms with van der Waals surface area (Å²) in [4.78, 5) is 0. The van der Waals surface area contributed by atoms with E-state index in [0.29, 0.717) is 19.6 Å². The van der Waals surface area contributed by atoms with Crippen LogP contribution < -0.4 is 10.1 Å². The van der Waals surface area contributed by atoms with E-state index in [-0.39, 0.29) is 18.5 Å². The highest BCUT2D eigenvalue weighted by atomic mass is 35.5. The van der Waals surface area contributed by atoms with Gasteiger partial charge < -0.3 is 15.2 Å². The van der Waals surface area contributed by atoms with Gasteiger partial charge in [0.05, 0.1) is 12.7 Å². The van der Waals surface area contributed by atoms with Crippen LogP contribution in [0, 0.1) is 0 Å². The van der Waals surface area contributed by atoms with Crippen molar-refractivity contribution in [2.75, 3.05) is 19.7 Å². The third kappa shape index (κ3) is 8.41. The Morgan fingerprint density at radius 2 is 1.85 bits per heavy atom. The summed E-state index contributed by atoms with van der Waals surface area (Å²) in [6, 6.07) is 7.96. The van der Waals surface area contributed by atoms with Crippen molar-refractivity contribution in [2.24, 2.45) is 0 Å². The van der Waals surface area contributed by atoms with Gasteiger partial charge in [0.1, 0.15) is 5.75 Å². The van der Waals surface area contributed by atoms with Gasteiger partial charge in [-0.15, -0.1) is 12.4 Å². The number of halogens is 1. The first-order valence-electron chi connectivity index (χ1n) is 7.36. The highest BCUT2D eigenvalue weighted by Gasteiger charge is 2.05. The maximum Gasteiger partial charge on any atom is 0.119 e. The maximum absolute atomic E-state index is 9.94. The molecule has 0 amide bonds. The predicted molar refractivity (Wildman–Crippen MR) is 87.0 cm³/mol. The quantitative estimate of drug-likeness (QED) is 0.652. The number of hydrogen-bond acceptors (Lipinski definition) is 3. The Labute approximate surface area is 129 Å². The van der Waals surface area contributed by atoms with E-state index >= 15 is 0 Å². The Morgan fingerprint density at radius 1 is 1.15 bits per heavy atom. The molecule has 0 saturated heterocycles. The Bertz CT molecular complexity index is 330. The van der Waals surface area contributed by atoms with Crippen LogP contribution >= 0.6 is 12.4 Å². The zero-order chi connectivity index (χ0) is 13.9. The van der Waals surface area contributed by atoms with Gasteiger partial charge in [-0.25, -0.2) is 0 Å². The van der Waals surface area contributed by atoms with Gasteiger partial charge in [0.2, 0.25) is 0 Å². The molecule has 0 aromatic heterocycles. The highest BCUT2D eigenvalue weighted by Crippen LogP contribution is 2.13. The molecule has 2 N–H and O–H groups in total. The van der Waals surface area contributed by atoms with Crippen molar-refractivity contribution in [2.45, 2.75) is 45.6 Å². The van der Waals surface area contributed by atoms with Crippen LogP contribution in [0.3, 0.4) is 0 Å². The van der Waals surface area contributed by atoms with E-state index in [1.807, 2.05) is 31.2 Å². The van der Waals surface area contributed by atoms with Crippen LogP contribution in [0.4, 0.5) is 0 Å². The zero-order valence-corrected chi connectivity index (χ0v) is 13.4. The van der Waals surface area contributed by atoms with Gasteiger partial charge in [0.25, 0.3) is 0 Å². The number of benzene rings is 1. The molecule has 1 aromatic carbocycles. The summed E-state index contributed by atoms with van der Waals surface area (Å²) in [5.41, 5.74) is 1.14. The molecule has 1 unspecified atom stereocenters. The summed E-state index contributed by atoms with van der Waals surface area (Å²) in [5, 5.41) is 13.2. The first kappa shape index (κ1) is 19.2. The van der Waals surface area contributed by atoms with E-state index in [4.69, 9.17) is 4.74 Å². The van der Waals surface area contributed by atoms with Crippen LogP contribution in [0.2, 0.25) is 0 Å². The number of nitrogens with one attached hydrogen (secondary N) is 1. The second kappa shape index (κ2) is 12.0. The van der Waals surface area contributed by atoms with Crippen LogP contribution in [0.1, 0.15) is 38.7 Å². The van der Waals surface area contributed by atoms with Crippen molar-refractivity contribution >= 4 is 12.4 Å². The molecule has 0 aliphatic carbocycles. The van der Waals surface area contributed by atoms with Gasteiger partial charge in [-0.2, -0.15) is 0 Å². The number of hydrogen-bond donors (Lipinski definition) is 2. The molecule has 0 heterocycles. The van der Waals surface area contributed by atoms with Crippen LogP contribution in [-0.4, -0.2) is 30.9 Å². The van der Waals surface area contributed by atoms with E-state index in [1.165, 1.54) is 19.3 Å². The van der Waals surface area contributed by atoms with E-state index < -0.39 is 0 Å². The normalized spacial score (nSPS) is 11.8. The molecule has 1 atom stereocenters. The van der Waals surface area contributed by atoms with E-state index in [9.17, 15) is 5.11 Å². The minimum Gasteiger partial charge on any atom is -0.494 e. The lowest BCUT2D eigenvalue weighted by Gasteiger charge is -2.12. The molecule has 0 radical (unpaired) electrons. The second-order valence-corrected chi connectivity index (χ2v) is 4.85. The fraction of sp³-hybridized carbons (Fsp3) is 0.625. The Morgan fingerprint density at radius 3 is 2.45 bits per heavy atom. The van der Waals surface area contributed by atoms with Crippen LogP contribution in [-0.2, 0) is 6.42 Å². The molecular weight excluding hydrogens is 274 g/mol. The average molecular weight is 302 g/mol. The van der Waals surface area contributed by atoms with Gasteiger partial charge in [-0.1, -0.05) is 31.9 Å². The molecule has 0 saturated carbocycles. The van der Waals surface area contributed by atoms with Gasteiger partial charge in [0, 0.05) is 6.54 Å². The largest absolute Gasteiger partial charge is 0.494 e. The first-order valence-corrected chi connectivity index (χ1v) is 7.36. The first-order chi connectivity index (χ1) is 9.26. The SMILES string of the molecule is CCCCCNCC(O)Cc1ccc(OCC)cc1.Cl. The third-order valence-electron chi connectivity index (χ3n) is 3.04. The number of unbranched alkanes of at least 4 members (excludes halogenated alkanes) is 2. The standard InChI is InChI=1S/C16H27NO2.ClH/c1-3-5-6-11-17-13-15(18)12-14-7-9-16(10-8-14)19-4-2;/h7-10,15,17-18H,3-6,11-13H2,1-2H3;1H. The zero-order valence-electron chi connectivity index (χ0n) is 12.6. The van der Waals surface area contributed by atoms with Crippen LogP contribution in [0.25, 0.3) is 0 Å². The molecule has 0 bridgehead atoms. The number of rotatable bonds is 10. The molecule has 0 aliphatic rings. The van der Waals surface area contributed by atoms with Crippen molar-refractivity contribution in [1.82, 2.24) is 5.32 Å². The monoisotopic (exact) mass is 301 g/mol. The van der Waals surface area contributed by atoms with Gasteiger partial charge in [-0.3, -0.25) is 0 Å². The Hall–Kier alpha value is -0.770. The molecule has 0 aliphatic heterocycles. The fourth-order valence-corrected chi connectivity index (χ4v) is 2.00. The minimum atomic E-state index is -0.320. The van der Waals surface area contributed by atoms with Crippen molar-refractivity contribution in [1.29, 1.82) is 0 Å². The van der Waals surface area contributed by atoms with E-state index in [1.54, 1.807) is 0 Å². The Kier molecular flexibility index (Phi) is 11.5. The summed E-state index contributed by atoms with van der Waals surface area (Å²) >= 11 is 0. The van der Waals surface area contributed by atoms with E-state index in [2.05, 4.69) is 12.2 Å². The lowest BCUT2D eigenvalue weighted by atomic mass is 10.1.